The molecular formula is C25H22FN5O. The minimum atomic E-state index is -0.313. The third kappa shape index (κ3) is 3.51. The Balaban J connectivity index is 1.60. The maximum Gasteiger partial charge on any atom is 0.260 e. The van der Waals surface area contributed by atoms with Crippen molar-refractivity contribution in [3.8, 4) is 22.8 Å². The SMILES string of the molecule is CNc1ncccc1-c1noc(-c2cn(Cc3ccc(C)c(C)c3)c3ccc(F)cc23)n1. The van der Waals surface area contributed by atoms with Gasteiger partial charge >= 0.3 is 0 Å². The Morgan fingerprint density at radius 3 is 2.72 bits per heavy atom. The van der Waals surface area contributed by atoms with Gasteiger partial charge < -0.3 is 14.4 Å². The second-order valence-electron chi connectivity index (χ2n) is 7.82. The minimum Gasteiger partial charge on any atom is -0.373 e. The summed E-state index contributed by atoms with van der Waals surface area (Å²) in [4.78, 5) is 8.89. The molecule has 0 bridgehead atoms. The summed E-state index contributed by atoms with van der Waals surface area (Å²) in [6.07, 6.45) is 3.64. The van der Waals surface area contributed by atoms with Crippen LogP contribution in [0.4, 0.5) is 10.2 Å². The highest BCUT2D eigenvalue weighted by atomic mass is 19.1. The van der Waals surface area contributed by atoms with E-state index < -0.39 is 0 Å². The Morgan fingerprint density at radius 1 is 1.03 bits per heavy atom. The number of aryl methyl sites for hydroxylation is 2. The highest BCUT2D eigenvalue weighted by molar-refractivity contribution is 5.94. The molecule has 0 aliphatic rings. The van der Waals surface area contributed by atoms with Crippen molar-refractivity contribution >= 4 is 16.7 Å². The fraction of sp³-hybridized carbons (Fsp3) is 0.160. The molecule has 0 fully saturated rings. The molecule has 0 aliphatic carbocycles. The van der Waals surface area contributed by atoms with Crippen LogP contribution in [0, 0.1) is 19.7 Å². The molecule has 5 rings (SSSR count). The summed E-state index contributed by atoms with van der Waals surface area (Å²) in [5.74, 6) is 1.10. The number of rotatable bonds is 5. The van der Waals surface area contributed by atoms with Gasteiger partial charge in [-0.15, -0.1) is 0 Å². The van der Waals surface area contributed by atoms with Crippen molar-refractivity contribution < 1.29 is 8.91 Å². The molecular weight excluding hydrogens is 405 g/mol. The fourth-order valence-electron chi connectivity index (χ4n) is 3.90. The van der Waals surface area contributed by atoms with E-state index in [0.717, 1.165) is 16.5 Å². The zero-order chi connectivity index (χ0) is 22.2. The summed E-state index contributed by atoms with van der Waals surface area (Å²) < 4.78 is 21.8. The number of nitrogens with one attached hydrogen (secondary N) is 1. The molecule has 2 aromatic carbocycles. The average Bonchev–Trinajstić information content (AvgIpc) is 3.41. The number of anilines is 1. The van der Waals surface area contributed by atoms with E-state index >= 15 is 0 Å². The molecule has 0 saturated carbocycles. The van der Waals surface area contributed by atoms with Crippen LogP contribution in [0.25, 0.3) is 33.7 Å². The van der Waals surface area contributed by atoms with Gasteiger partial charge in [-0.3, -0.25) is 0 Å². The van der Waals surface area contributed by atoms with Crippen LogP contribution in [0.15, 0.2) is 65.4 Å². The summed E-state index contributed by atoms with van der Waals surface area (Å²) in [7, 11) is 1.79. The van der Waals surface area contributed by atoms with Crippen LogP contribution in [-0.4, -0.2) is 26.7 Å². The molecule has 0 saturated heterocycles. The van der Waals surface area contributed by atoms with Crippen molar-refractivity contribution in [2.75, 3.05) is 12.4 Å². The van der Waals surface area contributed by atoms with Crippen LogP contribution < -0.4 is 5.32 Å². The van der Waals surface area contributed by atoms with Crippen LogP contribution in [0.1, 0.15) is 16.7 Å². The van der Waals surface area contributed by atoms with E-state index in [9.17, 15) is 4.39 Å². The van der Waals surface area contributed by atoms with Crippen LogP contribution in [0.5, 0.6) is 0 Å². The van der Waals surface area contributed by atoms with E-state index in [4.69, 9.17) is 4.52 Å². The predicted molar refractivity (Wildman–Crippen MR) is 123 cm³/mol. The molecule has 0 radical (unpaired) electrons. The second-order valence-corrected chi connectivity index (χ2v) is 7.82. The monoisotopic (exact) mass is 427 g/mol. The molecule has 5 aromatic rings. The number of halogens is 1. The average molecular weight is 427 g/mol. The molecule has 3 heterocycles. The fourth-order valence-corrected chi connectivity index (χ4v) is 3.90. The third-order valence-electron chi connectivity index (χ3n) is 5.71. The lowest BCUT2D eigenvalue weighted by Gasteiger charge is -2.08. The molecule has 32 heavy (non-hydrogen) atoms. The number of hydrogen-bond acceptors (Lipinski definition) is 5. The van der Waals surface area contributed by atoms with E-state index in [0.29, 0.717) is 29.6 Å². The van der Waals surface area contributed by atoms with Crippen molar-refractivity contribution in [3.05, 3.63) is 83.4 Å². The van der Waals surface area contributed by atoms with Crippen molar-refractivity contribution in [1.82, 2.24) is 19.7 Å². The number of nitrogens with zero attached hydrogens (tertiary/aromatic N) is 4. The predicted octanol–water partition coefficient (Wildman–Crippen LogP) is 5.60. The molecule has 0 atom stereocenters. The van der Waals surface area contributed by atoms with E-state index in [2.05, 4.69) is 57.1 Å². The molecule has 0 aliphatic heterocycles. The summed E-state index contributed by atoms with van der Waals surface area (Å²) in [5.41, 5.74) is 5.98. The third-order valence-corrected chi connectivity index (χ3v) is 5.71. The molecule has 1 N–H and O–H groups in total. The first kappa shape index (κ1) is 19.9. The Labute approximate surface area is 184 Å². The molecule has 160 valence electrons. The molecule has 0 spiro atoms. The van der Waals surface area contributed by atoms with Gasteiger partial charge in [-0.2, -0.15) is 4.98 Å². The summed E-state index contributed by atoms with van der Waals surface area (Å²) in [5, 5.41) is 7.91. The number of pyridine rings is 1. The van der Waals surface area contributed by atoms with E-state index in [1.54, 1.807) is 19.3 Å². The van der Waals surface area contributed by atoms with Crippen molar-refractivity contribution in [1.29, 1.82) is 0 Å². The Morgan fingerprint density at radius 2 is 1.91 bits per heavy atom. The normalized spacial score (nSPS) is 11.2. The molecule has 0 unspecified atom stereocenters. The summed E-state index contributed by atoms with van der Waals surface area (Å²) >= 11 is 0. The first-order valence-corrected chi connectivity index (χ1v) is 10.3. The molecule has 3 aromatic heterocycles. The first-order chi connectivity index (χ1) is 15.5. The van der Waals surface area contributed by atoms with Gasteiger partial charge in [0, 0.05) is 36.9 Å². The number of benzene rings is 2. The van der Waals surface area contributed by atoms with Gasteiger partial charge in [0.2, 0.25) is 5.82 Å². The highest BCUT2D eigenvalue weighted by Gasteiger charge is 2.19. The van der Waals surface area contributed by atoms with Gasteiger partial charge in [-0.05, 0) is 60.9 Å². The second kappa shape index (κ2) is 7.92. The summed E-state index contributed by atoms with van der Waals surface area (Å²) in [6.45, 7) is 4.85. The van der Waals surface area contributed by atoms with Gasteiger partial charge in [0.05, 0.1) is 11.1 Å². The van der Waals surface area contributed by atoms with Gasteiger partial charge in [-0.25, -0.2) is 9.37 Å². The van der Waals surface area contributed by atoms with E-state index in [1.165, 1.54) is 28.8 Å². The van der Waals surface area contributed by atoms with E-state index in [-0.39, 0.29) is 5.82 Å². The standard InChI is InChI=1S/C25H22FN5O/c1-15-6-7-17(11-16(15)2)13-31-14-21(20-12-18(26)8-9-22(20)31)25-29-24(30-32-25)19-5-4-10-28-23(19)27-3/h4-12,14H,13H2,1-3H3,(H,27,28). The molecule has 0 amide bonds. The van der Waals surface area contributed by atoms with Crippen molar-refractivity contribution in [2.24, 2.45) is 0 Å². The van der Waals surface area contributed by atoms with Crippen LogP contribution in [0.3, 0.4) is 0 Å². The number of aromatic nitrogens is 4. The van der Waals surface area contributed by atoms with Crippen molar-refractivity contribution in [3.63, 3.8) is 0 Å². The lowest BCUT2D eigenvalue weighted by Crippen LogP contribution is -1.98. The van der Waals surface area contributed by atoms with Crippen LogP contribution >= 0.6 is 0 Å². The molecule has 6 nitrogen and oxygen atoms in total. The number of fused-ring (bicyclic) bond motifs is 1. The van der Waals surface area contributed by atoms with Gasteiger partial charge in [0.1, 0.15) is 11.6 Å². The topological polar surface area (TPSA) is 68.8 Å². The Kier molecular flexibility index (Phi) is 4.93. The maximum absolute atomic E-state index is 14.1. The first-order valence-electron chi connectivity index (χ1n) is 10.3. The molecule has 7 heteroatoms. The minimum absolute atomic E-state index is 0.313. The van der Waals surface area contributed by atoms with Gasteiger partial charge in [-0.1, -0.05) is 23.4 Å². The summed E-state index contributed by atoms with van der Waals surface area (Å²) in [6, 6.07) is 14.9. The highest BCUT2D eigenvalue weighted by Crippen LogP contribution is 2.33. The van der Waals surface area contributed by atoms with Crippen molar-refractivity contribution in [2.45, 2.75) is 20.4 Å². The zero-order valence-corrected chi connectivity index (χ0v) is 18.1. The van der Waals surface area contributed by atoms with Crippen LogP contribution in [0.2, 0.25) is 0 Å². The lowest BCUT2D eigenvalue weighted by atomic mass is 10.1. The largest absolute Gasteiger partial charge is 0.373 e. The quantitative estimate of drug-likeness (QED) is 0.395. The Bertz CT molecular complexity index is 1440. The van der Waals surface area contributed by atoms with E-state index in [1.807, 2.05) is 18.3 Å². The Hall–Kier alpha value is -4.00. The van der Waals surface area contributed by atoms with Gasteiger partial charge in [0.15, 0.2) is 0 Å². The lowest BCUT2D eigenvalue weighted by molar-refractivity contribution is 0.432. The number of hydrogen-bond donors (Lipinski definition) is 1. The zero-order valence-electron chi connectivity index (χ0n) is 18.1. The smallest absolute Gasteiger partial charge is 0.260 e. The maximum atomic E-state index is 14.1. The van der Waals surface area contributed by atoms with Crippen LogP contribution in [-0.2, 0) is 6.54 Å². The van der Waals surface area contributed by atoms with Gasteiger partial charge in [0.25, 0.3) is 5.89 Å².